The van der Waals surface area contributed by atoms with Crippen molar-refractivity contribution in [2.75, 3.05) is 23.3 Å². The molecule has 6 nitrogen and oxygen atoms in total. The van der Waals surface area contributed by atoms with Crippen LogP contribution < -0.4 is 14.4 Å². The molecule has 1 aliphatic rings. The Morgan fingerprint density at radius 1 is 1.03 bits per heavy atom. The first-order valence-electron chi connectivity index (χ1n) is 9.60. The van der Waals surface area contributed by atoms with Crippen LogP contribution in [0.15, 0.2) is 65.6 Å². The minimum atomic E-state index is -3.63. The van der Waals surface area contributed by atoms with E-state index < -0.39 is 10.0 Å². The molecule has 1 amide bonds. The zero-order chi connectivity index (χ0) is 21.5. The Kier molecular flexibility index (Phi) is 4.99. The highest BCUT2D eigenvalue weighted by molar-refractivity contribution is 7.93. The average molecular weight is 423 g/mol. The fourth-order valence-corrected chi connectivity index (χ4v) is 5.20. The fraction of sp³-hybridized carbons (Fsp3) is 0.174. The van der Waals surface area contributed by atoms with Crippen molar-refractivity contribution in [3.8, 4) is 16.9 Å². The number of amides is 1. The quantitative estimate of drug-likeness (QED) is 0.674. The van der Waals surface area contributed by atoms with Gasteiger partial charge in [-0.05, 0) is 61.9 Å². The van der Waals surface area contributed by atoms with Crippen LogP contribution in [0, 0.1) is 6.92 Å². The van der Waals surface area contributed by atoms with Crippen molar-refractivity contribution in [2.24, 2.45) is 0 Å². The van der Waals surface area contributed by atoms with Crippen LogP contribution >= 0.6 is 0 Å². The standard InChI is InChI=1S/C23H22N2O4S/c1-4-29-18-11-9-17(10-12-18)24-23(26)16-13-15(2)22-20(14-16)19-7-5-6-8-21(19)30(27,28)25(22)3/h5-14H,4H2,1-3H3,(H,24,26). The number of nitrogens with one attached hydrogen (secondary N) is 1. The van der Waals surface area contributed by atoms with Crippen LogP contribution in [0.4, 0.5) is 11.4 Å². The molecule has 0 saturated heterocycles. The largest absolute Gasteiger partial charge is 0.494 e. The number of benzene rings is 3. The number of carbonyl (C=O) groups excluding carboxylic acids is 1. The minimum Gasteiger partial charge on any atom is -0.494 e. The summed E-state index contributed by atoms with van der Waals surface area (Å²) >= 11 is 0. The van der Waals surface area contributed by atoms with Gasteiger partial charge in [0.2, 0.25) is 0 Å². The van der Waals surface area contributed by atoms with Gasteiger partial charge in [0.15, 0.2) is 0 Å². The summed E-state index contributed by atoms with van der Waals surface area (Å²) in [5, 5.41) is 2.89. The lowest BCUT2D eigenvalue weighted by Gasteiger charge is -2.31. The zero-order valence-corrected chi connectivity index (χ0v) is 17.8. The summed E-state index contributed by atoms with van der Waals surface area (Å²) < 4.78 is 32.5. The van der Waals surface area contributed by atoms with Crippen molar-refractivity contribution in [1.29, 1.82) is 0 Å². The number of sulfonamides is 1. The summed E-state index contributed by atoms with van der Waals surface area (Å²) in [7, 11) is -2.09. The van der Waals surface area contributed by atoms with E-state index in [1.165, 1.54) is 11.4 Å². The molecule has 1 N–H and O–H groups in total. The van der Waals surface area contributed by atoms with Crippen molar-refractivity contribution in [3.05, 3.63) is 71.8 Å². The third-order valence-electron chi connectivity index (χ3n) is 5.12. The van der Waals surface area contributed by atoms with Crippen LogP contribution in [0.1, 0.15) is 22.8 Å². The zero-order valence-electron chi connectivity index (χ0n) is 17.0. The lowest BCUT2D eigenvalue weighted by Crippen LogP contribution is -2.31. The lowest BCUT2D eigenvalue weighted by molar-refractivity contribution is 0.102. The number of aryl methyl sites for hydroxylation is 1. The smallest absolute Gasteiger partial charge is 0.264 e. The molecule has 4 rings (SSSR count). The van der Waals surface area contributed by atoms with Gasteiger partial charge in [0, 0.05) is 29.4 Å². The molecule has 1 aliphatic heterocycles. The van der Waals surface area contributed by atoms with Gasteiger partial charge >= 0.3 is 0 Å². The summed E-state index contributed by atoms with van der Waals surface area (Å²) in [5.41, 5.74) is 3.74. The molecule has 7 heteroatoms. The highest BCUT2D eigenvalue weighted by Gasteiger charge is 2.33. The van der Waals surface area contributed by atoms with Crippen molar-refractivity contribution >= 4 is 27.3 Å². The number of nitrogens with zero attached hydrogens (tertiary/aromatic N) is 1. The summed E-state index contributed by atoms with van der Waals surface area (Å²) in [6, 6.07) is 17.5. The van der Waals surface area contributed by atoms with E-state index >= 15 is 0 Å². The van der Waals surface area contributed by atoms with E-state index in [1.54, 1.807) is 60.7 Å². The van der Waals surface area contributed by atoms with E-state index in [9.17, 15) is 13.2 Å². The molecule has 0 saturated carbocycles. The Morgan fingerprint density at radius 2 is 1.73 bits per heavy atom. The molecule has 3 aromatic carbocycles. The first kappa shape index (κ1) is 20.0. The Labute approximate surface area is 176 Å². The molecule has 30 heavy (non-hydrogen) atoms. The summed E-state index contributed by atoms with van der Waals surface area (Å²) in [4.78, 5) is 13.1. The van der Waals surface area contributed by atoms with Crippen LogP contribution in [0.5, 0.6) is 5.75 Å². The highest BCUT2D eigenvalue weighted by Crippen LogP contribution is 2.44. The normalized spacial score (nSPS) is 13.9. The molecular weight excluding hydrogens is 400 g/mol. The second-order valence-electron chi connectivity index (χ2n) is 7.07. The van der Waals surface area contributed by atoms with E-state index in [2.05, 4.69) is 5.32 Å². The van der Waals surface area contributed by atoms with Gasteiger partial charge in [-0.25, -0.2) is 8.42 Å². The number of anilines is 2. The molecule has 0 bridgehead atoms. The van der Waals surface area contributed by atoms with Crippen molar-refractivity contribution in [3.63, 3.8) is 0 Å². The lowest BCUT2D eigenvalue weighted by atomic mass is 9.96. The van der Waals surface area contributed by atoms with E-state index in [4.69, 9.17) is 4.74 Å². The molecule has 0 aromatic heterocycles. The van der Waals surface area contributed by atoms with Crippen molar-refractivity contribution in [1.82, 2.24) is 0 Å². The second-order valence-corrected chi connectivity index (χ2v) is 9.01. The molecule has 0 radical (unpaired) electrons. The Morgan fingerprint density at radius 3 is 2.43 bits per heavy atom. The van der Waals surface area contributed by atoms with E-state index in [0.717, 1.165) is 11.3 Å². The first-order chi connectivity index (χ1) is 14.3. The molecule has 3 aromatic rings. The number of ether oxygens (including phenoxy) is 1. The fourth-order valence-electron chi connectivity index (χ4n) is 3.72. The SMILES string of the molecule is CCOc1ccc(NC(=O)c2cc(C)c3c(c2)-c2ccccc2S(=O)(=O)N3C)cc1. The topological polar surface area (TPSA) is 75.7 Å². The maximum Gasteiger partial charge on any atom is 0.264 e. The molecular formula is C23H22N2O4S. The second kappa shape index (κ2) is 7.50. The van der Waals surface area contributed by atoms with Gasteiger partial charge in [0.1, 0.15) is 5.75 Å². The minimum absolute atomic E-state index is 0.239. The number of fused-ring (bicyclic) bond motifs is 3. The van der Waals surface area contributed by atoms with Gasteiger partial charge in [-0.3, -0.25) is 9.10 Å². The summed E-state index contributed by atoms with van der Waals surface area (Å²) in [5.74, 6) is 0.472. The van der Waals surface area contributed by atoms with Gasteiger partial charge in [-0.1, -0.05) is 18.2 Å². The average Bonchev–Trinajstić information content (AvgIpc) is 2.73. The molecule has 1 heterocycles. The molecule has 0 unspecified atom stereocenters. The molecule has 0 fully saturated rings. The van der Waals surface area contributed by atoms with Crippen LogP contribution in [0.2, 0.25) is 0 Å². The maximum absolute atomic E-state index is 12.9. The summed E-state index contributed by atoms with van der Waals surface area (Å²) in [6.07, 6.45) is 0. The third-order valence-corrected chi connectivity index (χ3v) is 6.93. The van der Waals surface area contributed by atoms with Gasteiger partial charge in [-0.2, -0.15) is 0 Å². The van der Waals surface area contributed by atoms with Crippen LogP contribution in [0.3, 0.4) is 0 Å². The Balaban J connectivity index is 1.73. The van der Waals surface area contributed by atoms with Crippen molar-refractivity contribution < 1.29 is 17.9 Å². The molecule has 0 aliphatic carbocycles. The van der Waals surface area contributed by atoms with Crippen LogP contribution in [-0.4, -0.2) is 28.0 Å². The monoisotopic (exact) mass is 422 g/mol. The number of rotatable bonds is 4. The third kappa shape index (κ3) is 3.31. The first-order valence-corrected chi connectivity index (χ1v) is 11.0. The number of carbonyl (C=O) groups is 1. The van der Waals surface area contributed by atoms with Gasteiger partial charge < -0.3 is 10.1 Å². The van der Waals surface area contributed by atoms with Gasteiger partial charge in [0.05, 0.1) is 17.2 Å². The van der Waals surface area contributed by atoms with Gasteiger partial charge in [0.25, 0.3) is 15.9 Å². The predicted molar refractivity (Wildman–Crippen MR) is 118 cm³/mol. The number of hydrogen-bond acceptors (Lipinski definition) is 4. The van der Waals surface area contributed by atoms with E-state index in [-0.39, 0.29) is 10.8 Å². The predicted octanol–water partition coefficient (Wildman–Crippen LogP) is 4.45. The van der Waals surface area contributed by atoms with Crippen molar-refractivity contribution in [2.45, 2.75) is 18.7 Å². The Bertz CT molecular complexity index is 1230. The van der Waals surface area contributed by atoms with Crippen LogP contribution in [0.25, 0.3) is 11.1 Å². The highest BCUT2D eigenvalue weighted by atomic mass is 32.2. The molecule has 0 atom stereocenters. The molecule has 0 spiro atoms. The van der Waals surface area contributed by atoms with Gasteiger partial charge in [-0.15, -0.1) is 0 Å². The molecule has 154 valence electrons. The maximum atomic E-state index is 12.9. The summed E-state index contributed by atoms with van der Waals surface area (Å²) in [6.45, 7) is 4.30. The Hall–Kier alpha value is -3.32. The van der Waals surface area contributed by atoms with Crippen LogP contribution in [-0.2, 0) is 10.0 Å². The van der Waals surface area contributed by atoms with E-state index in [1.807, 2.05) is 13.8 Å². The number of hydrogen-bond donors (Lipinski definition) is 1. The van der Waals surface area contributed by atoms with E-state index in [0.29, 0.717) is 34.7 Å².